The second-order valence-corrected chi connectivity index (χ2v) is 22.1. The highest BCUT2D eigenvalue weighted by Gasteiger charge is 2.42. The van der Waals surface area contributed by atoms with Crippen molar-refractivity contribution in [3.63, 3.8) is 0 Å². The molecular weight excluding hydrogens is 822 g/mol. The van der Waals surface area contributed by atoms with Crippen molar-refractivity contribution in [1.82, 2.24) is 4.57 Å². The zero-order valence-electron chi connectivity index (χ0n) is 35.4. The highest BCUT2D eigenvalue weighted by molar-refractivity contribution is 8.28. The van der Waals surface area contributed by atoms with Gasteiger partial charge in [0.05, 0.1) is 16.7 Å². The van der Waals surface area contributed by atoms with Gasteiger partial charge in [0.1, 0.15) is 11.5 Å². The molecule has 65 heavy (non-hydrogen) atoms. The van der Waals surface area contributed by atoms with Crippen LogP contribution in [-0.4, -0.2) is 18.6 Å². The van der Waals surface area contributed by atoms with E-state index in [1.165, 1.54) is 80.6 Å². The van der Waals surface area contributed by atoms with E-state index in [1.54, 1.807) is 0 Å². The fourth-order valence-corrected chi connectivity index (χ4v) is 17.0. The summed E-state index contributed by atoms with van der Waals surface area (Å²) in [5.74, 6) is 1.90. The van der Waals surface area contributed by atoms with Crippen LogP contribution in [0.15, 0.2) is 248 Å². The molecule has 3 heterocycles. The normalized spacial score (nSPS) is 12.6. The van der Waals surface area contributed by atoms with E-state index in [0.29, 0.717) is 0 Å². The molecule has 11 aromatic rings. The summed E-state index contributed by atoms with van der Waals surface area (Å²) in [5.41, 5.74) is 13.2. The van der Waals surface area contributed by atoms with Crippen LogP contribution in [0.3, 0.4) is 0 Å². The second-order valence-electron chi connectivity index (χ2n) is 17.1. The molecule has 0 N–H and O–H groups in total. The van der Waals surface area contributed by atoms with E-state index in [1.807, 2.05) is 11.6 Å². The third kappa shape index (κ3) is 5.96. The first-order chi connectivity index (χ1) is 32.2. The van der Waals surface area contributed by atoms with Crippen LogP contribution >= 0.6 is 11.6 Å². The molecule has 2 aliphatic heterocycles. The topological polar surface area (TPSA) is 14.2 Å². The Hall–Kier alpha value is -7.57. The number of benzene rings is 10. The van der Waals surface area contributed by atoms with Gasteiger partial charge in [-0.05, 0) is 102 Å². The Morgan fingerprint density at radius 3 is 1.62 bits per heavy atom. The average Bonchev–Trinajstić information content (AvgIpc) is 3.72. The van der Waals surface area contributed by atoms with Crippen LogP contribution < -0.4 is 36.4 Å². The summed E-state index contributed by atoms with van der Waals surface area (Å²) in [6, 6.07) is 89.6. The first-order valence-electron chi connectivity index (χ1n) is 22.4. The lowest BCUT2D eigenvalue weighted by Gasteiger charge is -2.35. The van der Waals surface area contributed by atoms with Gasteiger partial charge in [-0.2, -0.15) is 11.6 Å². The van der Waals surface area contributed by atoms with Crippen LogP contribution in [-0.2, 0) is 0 Å². The molecule has 13 rings (SSSR count). The van der Waals surface area contributed by atoms with Gasteiger partial charge >= 0.3 is 0 Å². The van der Waals surface area contributed by atoms with Crippen LogP contribution in [0, 0.1) is 0 Å². The van der Waals surface area contributed by atoms with Crippen molar-refractivity contribution in [2.75, 3.05) is 0 Å². The van der Waals surface area contributed by atoms with Crippen LogP contribution in [0.5, 0.6) is 11.5 Å². The number of rotatable bonds is 7. The molecule has 0 unspecified atom stereocenters. The highest BCUT2D eigenvalue weighted by Crippen LogP contribution is 2.46. The van der Waals surface area contributed by atoms with E-state index < -0.39 is 8.07 Å². The van der Waals surface area contributed by atoms with Crippen molar-refractivity contribution >= 4 is 79.2 Å². The summed E-state index contributed by atoms with van der Waals surface area (Å²) in [5, 5.41) is 7.96. The van der Waals surface area contributed by atoms with Gasteiger partial charge in [-0.3, -0.25) is 0 Å². The fourth-order valence-electron chi connectivity index (χ4n) is 10.8. The van der Waals surface area contributed by atoms with Crippen LogP contribution in [0.1, 0.15) is 0 Å². The minimum Gasteiger partial charge on any atom is -0.458 e. The zero-order chi connectivity index (χ0) is 42.9. The van der Waals surface area contributed by atoms with E-state index >= 15 is 0 Å². The SMILES string of the molecule is c1ccc([Si](c2ccccc2)(c2ccccc2)c2cccc(-c3ccc4c(c3)B3Sc5ccccc5-c5cc(-c6ccccc6-n6c7ccccc7c7ccccc76)cc(c53)O4)c2)cc1. The van der Waals surface area contributed by atoms with Gasteiger partial charge in [0, 0.05) is 21.2 Å². The molecule has 0 saturated carbocycles. The van der Waals surface area contributed by atoms with E-state index in [0.717, 1.165) is 28.3 Å². The van der Waals surface area contributed by atoms with E-state index in [2.05, 4.69) is 247 Å². The van der Waals surface area contributed by atoms with E-state index in [4.69, 9.17) is 4.74 Å². The lowest BCUT2D eigenvalue weighted by molar-refractivity contribution is 0.488. The minimum atomic E-state index is -2.71. The summed E-state index contributed by atoms with van der Waals surface area (Å²) in [6.07, 6.45) is 0. The van der Waals surface area contributed by atoms with Crippen molar-refractivity contribution < 1.29 is 4.74 Å². The Bertz CT molecular complexity index is 3480. The smallest absolute Gasteiger partial charge is 0.289 e. The Morgan fingerprint density at radius 1 is 0.385 bits per heavy atom. The van der Waals surface area contributed by atoms with Gasteiger partial charge in [0.15, 0.2) is 8.07 Å². The molecule has 0 aliphatic carbocycles. The molecule has 2 nitrogen and oxygen atoms in total. The molecule has 0 fully saturated rings. The highest BCUT2D eigenvalue weighted by atomic mass is 32.2. The minimum absolute atomic E-state index is 0.0647. The van der Waals surface area contributed by atoms with Crippen molar-refractivity contribution in [3.05, 3.63) is 243 Å². The van der Waals surface area contributed by atoms with Gasteiger partial charge in [-0.15, -0.1) is 0 Å². The molecule has 5 heteroatoms. The molecule has 2 aliphatic rings. The molecule has 0 atom stereocenters. The number of aromatic nitrogens is 1. The monoisotopic (exact) mass is 861 g/mol. The third-order valence-electron chi connectivity index (χ3n) is 13.6. The first kappa shape index (κ1) is 37.9. The Morgan fingerprint density at radius 2 is 0.938 bits per heavy atom. The largest absolute Gasteiger partial charge is 0.458 e. The summed E-state index contributed by atoms with van der Waals surface area (Å²) >= 11 is 1.94. The Labute approximate surface area is 384 Å². The lowest BCUT2D eigenvalue weighted by Crippen LogP contribution is -2.74. The summed E-state index contributed by atoms with van der Waals surface area (Å²) < 4.78 is 9.53. The first-order valence-corrected chi connectivity index (χ1v) is 25.2. The van der Waals surface area contributed by atoms with Gasteiger partial charge in [-0.25, -0.2) is 0 Å². The molecule has 0 saturated heterocycles. The molecule has 1 aromatic heterocycles. The maximum atomic E-state index is 7.10. The molecule has 0 spiro atoms. The molecule has 304 valence electrons. The van der Waals surface area contributed by atoms with Crippen LogP contribution in [0.4, 0.5) is 0 Å². The lowest BCUT2D eigenvalue weighted by atomic mass is 9.57. The van der Waals surface area contributed by atoms with Gasteiger partial charge in [0.2, 0.25) is 0 Å². The summed E-state index contributed by atoms with van der Waals surface area (Å²) in [7, 11) is -2.71. The van der Waals surface area contributed by atoms with E-state index in [-0.39, 0.29) is 5.99 Å². The maximum absolute atomic E-state index is 7.10. The standard InChI is InChI=1S/C60H40BNOSSi/c1-4-20-44(21-5-1)65(45-22-6-2-7-23-45,46-24-8-3-9-25-46)47-26-18-19-41(37-47)42-35-36-57-53(39-42)61-60-52(51-30-13-17-34-59(51)64-61)38-43(40-58(60)63-57)48-27-10-14-31-54(48)62-55-32-15-11-28-49(55)50-29-12-16-33-56(50)62/h1-40H. The van der Waals surface area contributed by atoms with Crippen molar-refractivity contribution in [2.45, 2.75) is 4.90 Å². The predicted molar refractivity (Wildman–Crippen MR) is 278 cm³/mol. The Balaban J connectivity index is 0.958. The molecule has 0 amide bonds. The molecule has 0 bridgehead atoms. The molecule has 0 radical (unpaired) electrons. The summed E-state index contributed by atoms with van der Waals surface area (Å²) in [4.78, 5) is 1.29. The third-order valence-corrected chi connectivity index (χ3v) is 19.7. The predicted octanol–water partition coefficient (Wildman–Crippen LogP) is 11.5. The second kappa shape index (κ2) is 15.3. The van der Waals surface area contributed by atoms with Gasteiger partial charge in [-0.1, -0.05) is 200 Å². The molecular formula is C60H40BNOSSi. The quantitative estimate of drug-likeness (QED) is 0.117. The number of para-hydroxylation sites is 3. The Kier molecular flexibility index (Phi) is 8.93. The van der Waals surface area contributed by atoms with E-state index in [9.17, 15) is 0 Å². The number of ether oxygens (including phenoxy) is 1. The molecule has 10 aromatic carbocycles. The number of fused-ring (bicyclic) bond motifs is 7. The fraction of sp³-hybridized carbons (Fsp3) is 0. The van der Waals surface area contributed by atoms with Crippen molar-refractivity contribution in [1.29, 1.82) is 0 Å². The number of nitrogens with zero attached hydrogens (tertiary/aromatic N) is 1. The summed E-state index contributed by atoms with van der Waals surface area (Å²) in [6.45, 7) is 0. The van der Waals surface area contributed by atoms with Gasteiger partial charge < -0.3 is 9.30 Å². The van der Waals surface area contributed by atoms with Crippen molar-refractivity contribution in [2.24, 2.45) is 0 Å². The number of hydrogen-bond donors (Lipinski definition) is 0. The van der Waals surface area contributed by atoms with Crippen LogP contribution in [0.2, 0.25) is 0 Å². The zero-order valence-corrected chi connectivity index (χ0v) is 37.3. The number of hydrogen-bond acceptors (Lipinski definition) is 2. The maximum Gasteiger partial charge on any atom is 0.289 e. The van der Waals surface area contributed by atoms with Gasteiger partial charge in [0.25, 0.3) is 5.99 Å². The van der Waals surface area contributed by atoms with Crippen LogP contribution in [0.25, 0.3) is 60.9 Å². The average molecular weight is 862 g/mol. The van der Waals surface area contributed by atoms with Crippen molar-refractivity contribution in [3.8, 4) is 50.6 Å².